The molecule has 2 N–H and O–H groups in total. The Hall–Kier alpha value is -4.39. The summed E-state index contributed by atoms with van der Waals surface area (Å²) in [5.41, 5.74) is 7.84. The fourth-order valence-corrected chi connectivity index (χ4v) is 4.17. The molecule has 2 amide bonds. The van der Waals surface area contributed by atoms with Crippen LogP contribution in [0.1, 0.15) is 41.6 Å². The van der Waals surface area contributed by atoms with Crippen LogP contribution in [0.3, 0.4) is 0 Å². The number of ether oxygens (including phenoxy) is 1. The van der Waals surface area contributed by atoms with Crippen LogP contribution in [-0.4, -0.2) is 29.4 Å². The number of aromatic nitrogens is 1. The van der Waals surface area contributed by atoms with Gasteiger partial charge in [-0.3, -0.25) is 4.79 Å². The van der Waals surface area contributed by atoms with Crippen LogP contribution in [0.15, 0.2) is 90.2 Å². The van der Waals surface area contributed by atoms with Gasteiger partial charge in [0.15, 0.2) is 0 Å². The Labute approximate surface area is 210 Å². The average molecular weight is 483 g/mol. The number of fused-ring (bicyclic) bond motifs is 1. The van der Waals surface area contributed by atoms with Crippen molar-refractivity contribution >= 4 is 29.1 Å². The van der Waals surface area contributed by atoms with Crippen molar-refractivity contribution in [3.8, 4) is 0 Å². The number of rotatable bonds is 9. The van der Waals surface area contributed by atoms with E-state index in [1.165, 1.54) is 11.1 Å². The highest BCUT2D eigenvalue weighted by atomic mass is 16.5. The molecule has 1 aromatic heterocycles. The number of hydrazone groups is 1. The van der Waals surface area contributed by atoms with Crippen LogP contribution in [-0.2, 0) is 16.1 Å². The number of benzene rings is 3. The van der Waals surface area contributed by atoms with Crippen molar-refractivity contribution in [2.75, 3.05) is 6.61 Å². The number of hydrogen-bond acceptors (Lipinski definition) is 4. The zero-order valence-electron chi connectivity index (χ0n) is 20.5. The lowest BCUT2D eigenvalue weighted by atomic mass is 10.0. The van der Waals surface area contributed by atoms with Crippen molar-refractivity contribution in [3.05, 3.63) is 107 Å². The first-order chi connectivity index (χ1) is 17.5. The van der Waals surface area contributed by atoms with Gasteiger partial charge < -0.3 is 14.6 Å². The van der Waals surface area contributed by atoms with Gasteiger partial charge in [-0.2, -0.15) is 5.10 Å². The number of alkyl carbamates (subject to hydrolysis) is 1. The third-order valence-corrected chi connectivity index (χ3v) is 5.81. The van der Waals surface area contributed by atoms with Gasteiger partial charge in [0, 0.05) is 29.2 Å². The van der Waals surface area contributed by atoms with Crippen LogP contribution in [0.25, 0.3) is 10.9 Å². The summed E-state index contributed by atoms with van der Waals surface area (Å²) in [7, 11) is 0. The van der Waals surface area contributed by atoms with E-state index in [1.54, 1.807) is 13.1 Å². The topological polar surface area (TPSA) is 84.7 Å². The zero-order valence-corrected chi connectivity index (χ0v) is 20.5. The normalized spacial score (nSPS) is 11.9. The number of amides is 2. The zero-order chi connectivity index (χ0) is 25.3. The van der Waals surface area contributed by atoms with Crippen LogP contribution in [0.2, 0.25) is 0 Å². The Morgan fingerprint density at radius 1 is 1.03 bits per heavy atom. The number of nitrogens with zero attached hydrogens (tertiary/aromatic N) is 2. The van der Waals surface area contributed by atoms with E-state index in [2.05, 4.69) is 57.7 Å². The molecule has 1 heterocycles. The molecule has 0 spiro atoms. The lowest BCUT2D eigenvalue weighted by molar-refractivity contribution is -0.121. The maximum absolute atomic E-state index is 12.7. The minimum Gasteiger partial charge on any atom is -0.450 e. The Morgan fingerprint density at radius 3 is 2.58 bits per heavy atom. The summed E-state index contributed by atoms with van der Waals surface area (Å²) in [6, 6.07) is 25.3. The second-order valence-electron chi connectivity index (χ2n) is 8.54. The van der Waals surface area contributed by atoms with Crippen molar-refractivity contribution in [3.63, 3.8) is 0 Å². The van der Waals surface area contributed by atoms with E-state index in [0.717, 1.165) is 28.6 Å². The van der Waals surface area contributed by atoms with Gasteiger partial charge in [0.25, 0.3) is 0 Å². The van der Waals surface area contributed by atoms with E-state index in [9.17, 15) is 9.59 Å². The first-order valence-electron chi connectivity index (χ1n) is 12.0. The Balaban J connectivity index is 1.46. The van der Waals surface area contributed by atoms with Gasteiger partial charge in [0.05, 0.1) is 25.3 Å². The molecule has 4 rings (SSSR count). The molecule has 3 aromatic carbocycles. The minimum absolute atomic E-state index is 0.0231. The van der Waals surface area contributed by atoms with Crippen molar-refractivity contribution in [1.82, 2.24) is 15.3 Å². The predicted molar refractivity (Wildman–Crippen MR) is 142 cm³/mol. The molecule has 0 aliphatic rings. The standard InChI is InChI=1S/C29H30N4O3/c1-3-36-29(35)31-26(23-12-5-4-6-13-23)17-28(34)32-30-18-24-20-33(27-15-8-7-14-25(24)27)19-22-11-9-10-21(2)16-22/h4-16,18,20,26H,3,17,19H2,1-2H3,(H,31,35)(H,32,34)/b30-18-/t26-/m0/s1. The fraction of sp³-hybridized carbons (Fsp3) is 0.207. The molecular formula is C29H30N4O3. The van der Waals surface area contributed by atoms with Gasteiger partial charge in [-0.1, -0.05) is 78.4 Å². The Bertz CT molecular complexity index is 1360. The maximum atomic E-state index is 12.7. The molecule has 7 heteroatoms. The smallest absolute Gasteiger partial charge is 0.407 e. The molecule has 36 heavy (non-hydrogen) atoms. The van der Waals surface area contributed by atoms with E-state index < -0.39 is 12.1 Å². The average Bonchev–Trinajstić information content (AvgIpc) is 3.21. The number of carbonyl (C=O) groups is 2. The van der Waals surface area contributed by atoms with E-state index in [1.807, 2.05) is 54.7 Å². The highest BCUT2D eigenvalue weighted by molar-refractivity contribution is 5.99. The van der Waals surface area contributed by atoms with Crippen LogP contribution < -0.4 is 10.7 Å². The highest BCUT2D eigenvalue weighted by Gasteiger charge is 2.19. The second-order valence-corrected chi connectivity index (χ2v) is 8.54. The largest absolute Gasteiger partial charge is 0.450 e. The summed E-state index contributed by atoms with van der Waals surface area (Å²) < 4.78 is 7.18. The highest BCUT2D eigenvalue weighted by Crippen LogP contribution is 2.22. The van der Waals surface area contributed by atoms with Gasteiger partial charge in [0.1, 0.15) is 0 Å². The summed E-state index contributed by atoms with van der Waals surface area (Å²) >= 11 is 0. The quantitative estimate of drug-likeness (QED) is 0.250. The SMILES string of the molecule is CCOC(=O)N[C@@H](CC(=O)N/N=C\c1cn(Cc2cccc(C)c2)c2ccccc12)c1ccccc1. The van der Waals surface area contributed by atoms with Gasteiger partial charge in [-0.25, -0.2) is 10.2 Å². The Kier molecular flexibility index (Phi) is 8.13. The maximum Gasteiger partial charge on any atom is 0.407 e. The van der Waals surface area contributed by atoms with Crippen LogP contribution in [0.5, 0.6) is 0 Å². The van der Waals surface area contributed by atoms with E-state index >= 15 is 0 Å². The molecule has 0 aliphatic heterocycles. The minimum atomic E-state index is -0.566. The molecular weight excluding hydrogens is 452 g/mol. The summed E-state index contributed by atoms with van der Waals surface area (Å²) in [6.45, 7) is 4.81. The molecule has 7 nitrogen and oxygen atoms in total. The van der Waals surface area contributed by atoms with E-state index in [4.69, 9.17) is 4.74 Å². The van der Waals surface area contributed by atoms with Gasteiger partial charge in [-0.05, 0) is 31.0 Å². The number of para-hydroxylation sites is 1. The van der Waals surface area contributed by atoms with Gasteiger partial charge in [-0.15, -0.1) is 0 Å². The van der Waals surface area contributed by atoms with E-state index in [0.29, 0.717) is 0 Å². The third kappa shape index (κ3) is 6.39. The Morgan fingerprint density at radius 2 is 1.81 bits per heavy atom. The molecule has 0 saturated heterocycles. The molecule has 0 saturated carbocycles. The number of hydrogen-bond donors (Lipinski definition) is 2. The third-order valence-electron chi connectivity index (χ3n) is 5.81. The molecule has 0 unspecified atom stereocenters. The number of carbonyl (C=O) groups excluding carboxylic acids is 2. The predicted octanol–water partition coefficient (Wildman–Crippen LogP) is 5.33. The molecule has 1 atom stereocenters. The molecule has 0 fully saturated rings. The number of nitrogens with one attached hydrogen (secondary N) is 2. The molecule has 0 aliphatic carbocycles. The van der Waals surface area contributed by atoms with Gasteiger partial charge in [0.2, 0.25) is 5.91 Å². The summed E-state index contributed by atoms with van der Waals surface area (Å²) in [4.78, 5) is 24.7. The van der Waals surface area contributed by atoms with Crippen molar-refractivity contribution in [1.29, 1.82) is 0 Å². The molecule has 184 valence electrons. The van der Waals surface area contributed by atoms with E-state index in [-0.39, 0.29) is 18.9 Å². The van der Waals surface area contributed by atoms with Crippen LogP contribution >= 0.6 is 0 Å². The van der Waals surface area contributed by atoms with Crippen LogP contribution in [0, 0.1) is 6.92 Å². The number of aryl methyl sites for hydroxylation is 1. The first kappa shape index (κ1) is 24.7. The molecule has 0 bridgehead atoms. The summed E-state index contributed by atoms with van der Waals surface area (Å²) in [6.07, 6.45) is 3.15. The lowest BCUT2D eigenvalue weighted by Crippen LogP contribution is -2.33. The monoisotopic (exact) mass is 482 g/mol. The molecule has 0 radical (unpaired) electrons. The van der Waals surface area contributed by atoms with Gasteiger partial charge >= 0.3 is 6.09 Å². The molecule has 4 aromatic rings. The fourth-order valence-electron chi connectivity index (χ4n) is 4.17. The van der Waals surface area contributed by atoms with Crippen molar-refractivity contribution in [2.45, 2.75) is 32.9 Å². The van der Waals surface area contributed by atoms with Crippen molar-refractivity contribution < 1.29 is 14.3 Å². The first-order valence-corrected chi connectivity index (χ1v) is 12.0. The van der Waals surface area contributed by atoms with Crippen molar-refractivity contribution in [2.24, 2.45) is 5.10 Å². The second kappa shape index (κ2) is 11.8. The summed E-state index contributed by atoms with van der Waals surface area (Å²) in [5.74, 6) is -0.319. The van der Waals surface area contributed by atoms with Crippen LogP contribution in [0.4, 0.5) is 4.79 Å². The lowest BCUT2D eigenvalue weighted by Gasteiger charge is -2.18. The summed E-state index contributed by atoms with van der Waals surface area (Å²) in [5, 5.41) is 8.01.